The molecule has 0 aliphatic carbocycles. The number of hydrogen-bond donors (Lipinski definition) is 1. The highest BCUT2D eigenvalue weighted by Gasteiger charge is 2.16. The van der Waals surface area contributed by atoms with Gasteiger partial charge < -0.3 is 9.84 Å². The summed E-state index contributed by atoms with van der Waals surface area (Å²) in [7, 11) is 0. The lowest BCUT2D eigenvalue weighted by Crippen LogP contribution is -2.25. The summed E-state index contributed by atoms with van der Waals surface area (Å²) in [5.74, 6) is -0.495. The van der Waals surface area contributed by atoms with Crippen LogP contribution in [0, 0.1) is 0 Å². The molecular formula is C12H24O3. The minimum absolute atomic E-state index is 0.0105. The fraction of sp³-hybridized carbons (Fsp3) is 0.917. The molecule has 3 nitrogen and oxygen atoms in total. The van der Waals surface area contributed by atoms with Crippen LogP contribution in [0.4, 0.5) is 0 Å². The van der Waals surface area contributed by atoms with Crippen LogP contribution in [-0.2, 0) is 9.53 Å². The Bertz CT molecular complexity index is 166. The second-order valence-corrected chi connectivity index (χ2v) is 4.02. The maximum absolute atomic E-state index is 11.2. The van der Waals surface area contributed by atoms with Crippen LogP contribution in [0.15, 0.2) is 0 Å². The fourth-order valence-corrected chi connectivity index (χ4v) is 1.47. The lowest BCUT2D eigenvalue weighted by Gasteiger charge is -2.18. The highest BCUT2D eigenvalue weighted by molar-refractivity contribution is 5.73. The molecule has 0 rings (SSSR count). The van der Waals surface area contributed by atoms with Gasteiger partial charge in [-0.15, -0.1) is 0 Å². The minimum atomic E-state index is -1.00. The van der Waals surface area contributed by atoms with Gasteiger partial charge in [-0.25, -0.2) is 4.79 Å². The molecule has 2 unspecified atom stereocenters. The van der Waals surface area contributed by atoms with E-state index in [2.05, 4.69) is 13.8 Å². The van der Waals surface area contributed by atoms with Crippen LogP contribution in [0.1, 0.15) is 59.3 Å². The zero-order valence-corrected chi connectivity index (χ0v) is 10.2. The molecule has 0 amide bonds. The first kappa shape index (κ1) is 14.4. The number of aliphatic hydroxyl groups is 1. The van der Waals surface area contributed by atoms with E-state index in [-0.39, 0.29) is 6.10 Å². The van der Waals surface area contributed by atoms with Crippen molar-refractivity contribution in [3.05, 3.63) is 0 Å². The van der Waals surface area contributed by atoms with Crippen LogP contribution in [0.3, 0.4) is 0 Å². The molecular weight excluding hydrogens is 192 g/mol. The predicted octanol–water partition coefficient (Wildman–Crippen LogP) is 2.66. The summed E-state index contributed by atoms with van der Waals surface area (Å²) in [4.78, 5) is 11.2. The third-order valence-electron chi connectivity index (χ3n) is 2.36. The van der Waals surface area contributed by atoms with Gasteiger partial charge in [-0.05, 0) is 26.2 Å². The fourth-order valence-electron chi connectivity index (χ4n) is 1.47. The van der Waals surface area contributed by atoms with E-state index in [1.807, 2.05) is 0 Å². The average molecular weight is 216 g/mol. The molecule has 90 valence electrons. The molecule has 0 aromatic carbocycles. The third-order valence-corrected chi connectivity index (χ3v) is 2.36. The maximum Gasteiger partial charge on any atom is 0.334 e. The lowest BCUT2D eigenvalue weighted by atomic mass is 10.1. The standard InChI is InChI=1S/C12H24O3/c1-4-6-7-9-11(8-5-2)15-12(14)10(3)13/h10-11,13H,4-9H2,1-3H3. The summed E-state index contributed by atoms with van der Waals surface area (Å²) in [6, 6.07) is 0. The molecule has 0 radical (unpaired) electrons. The monoisotopic (exact) mass is 216 g/mol. The molecule has 0 spiro atoms. The number of unbranched alkanes of at least 4 members (excludes halogenated alkanes) is 2. The van der Waals surface area contributed by atoms with Gasteiger partial charge in [0, 0.05) is 0 Å². The molecule has 0 saturated heterocycles. The predicted molar refractivity (Wildman–Crippen MR) is 60.6 cm³/mol. The van der Waals surface area contributed by atoms with E-state index in [1.54, 1.807) is 0 Å². The van der Waals surface area contributed by atoms with E-state index >= 15 is 0 Å². The number of esters is 1. The summed E-state index contributed by atoms with van der Waals surface area (Å²) in [5.41, 5.74) is 0. The van der Waals surface area contributed by atoms with Crippen LogP contribution in [0.2, 0.25) is 0 Å². The number of ether oxygens (including phenoxy) is 1. The Balaban J connectivity index is 3.86. The molecule has 2 atom stereocenters. The van der Waals surface area contributed by atoms with Crippen molar-refractivity contribution < 1.29 is 14.6 Å². The first-order valence-corrected chi connectivity index (χ1v) is 6.00. The van der Waals surface area contributed by atoms with Crippen LogP contribution >= 0.6 is 0 Å². The van der Waals surface area contributed by atoms with E-state index in [0.29, 0.717) is 0 Å². The summed E-state index contributed by atoms with van der Waals surface area (Å²) < 4.78 is 5.21. The van der Waals surface area contributed by atoms with Gasteiger partial charge in [0.15, 0.2) is 0 Å². The lowest BCUT2D eigenvalue weighted by molar-refractivity contribution is -0.158. The first-order valence-electron chi connectivity index (χ1n) is 6.00. The summed E-state index contributed by atoms with van der Waals surface area (Å²) in [6.07, 6.45) is 5.23. The Morgan fingerprint density at radius 2 is 1.87 bits per heavy atom. The number of rotatable bonds is 8. The van der Waals surface area contributed by atoms with Crippen LogP contribution in [-0.4, -0.2) is 23.3 Å². The van der Waals surface area contributed by atoms with Crippen molar-refractivity contribution in [2.24, 2.45) is 0 Å². The molecule has 0 aromatic rings. The maximum atomic E-state index is 11.2. The Hall–Kier alpha value is -0.570. The van der Waals surface area contributed by atoms with Crippen LogP contribution in [0.25, 0.3) is 0 Å². The normalized spacial score (nSPS) is 14.7. The zero-order chi connectivity index (χ0) is 11.7. The Morgan fingerprint density at radius 1 is 1.20 bits per heavy atom. The van der Waals surface area contributed by atoms with Gasteiger partial charge in [0.1, 0.15) is 12.2 Å². The number of hydrogen-bond acceptors (Lipinski definition) is 3. The summed E-state index contributed by atoms with van der Waals surface area (Å²) in [5, 5.41) is 9.04. The molecule has 0 heterocycles. The van der Waals surface area contributed by atoms with E-state index in [9.17, 15) is 4.79 Å². The number of aliphatic hydroxyl groups excluding tert-OH is 1. The van der Waals surface area contributed by atoms with Gasteiger partial charge in [-0.2, -0.15) is 0 Å². The van der Waals surface area contributed by atoms with Gasteiger partial charge in [-0.1, -0.05) is 33.1 Å². The van der Waals surface area contributed by atoms with E-state index < -0.39 is 12.1 Å². The van der Waals surface area contributed by atoms with E-state index in [0.717, 1.165) is 25.7 Å². The van der Waals surface area contributed by atoms with Crippen molar-refractivity contribution in [3.63, 3.8) is 0 Å². The van der Waals surface area contributed by atoms with Crippen molar-refractivity contribution in [1.82, 2.24) is 0 Å². The Labute approximate surface area is 92.8 Å². The van der Waals surface area contributed by atoms with E-state index in [1.165, 1.54) is 19.8 Å². The SMILES string of the molecule is CCCCCC(CCC)OC(=O)C(C)O. The first-order chi connectivity index (χ1) is 7.11. The molecule has 0 aliphatic rings. The van der Waals surface area contributed by atoms with Gasteiger partial charge >= 0.3 is 5.97 Å². The second-order valence-electron chi connectivity index (χ2n) is 4.02. The average Bonchev–Trinajstić information content (AvgIpc) is 2.18. The largest absolute Gasteiger partial charge is 0.460 e. The smallest absolute Gasteiger partial charge is 0.334 e. The molecule has 15 heavy (non-hydrogen) atoms. The van der Waals surface area contributed by atoms with Crippen LogP contribution < -0.4 is 0 Å². The van der Waals surface area contributed by atoms with Crippen molar-refractivity contribution >= 4 is 5.97 Å². The van der Waals surface area contributed by atoms with Gasteiger partial charge in [0.25, 0.3) is 0 Å². The molecule has 0 saturated carbocycles. The van der Waals surface area contributed by atoms with Gasteiger partial charge in [0.05, 0.1) is 0 Å². The minimum Gasteiger partial charge on any atom is -0.460 e. The Kier molecular flexibility index (Phi) is 8.38. The number of carbonyl (C=O) groups excluding carboxylic acids is 1. The summed E-state index contributed by atoms with van der Waals surface area (Å²) in [6.45, 7) is 5.66. The molecule has 0 aromatic heterocycles. The van der Waals surface area contributed by atoms with Gasteiger partial charge in [0.2, 0.25) is 0 Å². The molecule has 1 N–H and O–H groups in total. The van der Waals surface area contributed by atoms with E-state index in [4.69, 9.17) is 9.84 Å². The highest BCUT2D eigenvalue weighted by atomic mass is 16.6. The number of carbonyl (C=O) groups is 1. The van der Waals surface area contributed by atoms with Crippen molar-refractivity contribution in [2.75, 3.05) is 0 Å². The Morgan fingerprint density at radius 3 is 2.33 bits per heavy atom. The second kappa shape index (κ2) is 8.72. The molecule has 3 heteroatoms. The quantitative estimate of drug-likeness (QED) is 0.501. The van der Waals surface area contributed by atoms with Crippen molar-refractivity contribution in [1.29, 1.82) is 0 Å². The molecule has 0 bridgehead atoms. The van der Waals surface area contributed by atoms with Crippen molar-refractivity contribution in [3.8, 4) is 0 Å². The molecule has 0 fully saturated rings. The zero-order valence-electron chi connectivity index (χ0n) is 10.2. The molecule has 0 aliphatic heterocycles. The third kappa shape index (κ3) is 7.37. The van der Waals surface area contributed by atoms with Gasteiger partial charge in [-0.3, -0.25) is 0 Å². The highest BCUT2D eigenvalue weighted by Crippen LogP contribution is 2.12. The van der Waals surface area contributed by atoms with Crippen LogP contribution in [0.5, 0.6) is 0 Å². The topological polar surface area (TPSA) is 46.5 Å². The van der Waals surface area contributed by atoms with Crippen molar-refractivity contribution in [2.45, 2.75) is 71.5 Å². The summed E-state index contributed by atoms with van der Waals surface area (Å²) >= 11 is 0.